The lowest BCUT2D eigenvalue weighted by Gasteiger charge is -2.04. The second-order valence-corrected chi connectivity index (χ2v) is 6.24. The highest BCUT2D eigenvalue weighted by Crippen LogP contribution is 2.27. The molecule has 0 bridgehead atoms. The van der Waals surface area contributed by atoms with Gasteiger partial charge in [-0.3, -0.25) is 10.1 Å². The summed E-state index contributed by atoms with van der Waals surface area (Å²) in [6.45, 7) is 2.50. The fourth-order valence-electron chi connectivity index (χ4n) is 2.02. The average Bonchev–Trinajstić information content (AvgIpc) is 3.05. The number of rotatable bonds is 5. The number of amides is 1. The molecule has 1 heterocycles. The lowest BCUT2D eigenvalue weighted by molar-refractivity contribution is 0.102. The summed E-state index contributed by atoms with van der Waals surface area (Å²) in [5.41, 5.74) is 1.43. The molecule has 3 aromatic rings. The number of hydrogen-bond donors (Lipinski definition) is 1. The van der Waals surface area contributed by atoms with Crippen LogP contribution in [0.5, 0.6) is 5.75 Å². The SMILES string of the molecule is CCOc1ccc(C(=O)Nc2nnc(-c3ccc(Cl)cc3)s2)cc1. The van der Waals surface area contributed by atoms with Crippen LogP contribution < -0.4 is 10.1 Å². The van der Waals surface area contributed by atoms with Gasteiger partial charge >= 0.3 is 0 Å². The molecule has 1 amide bonds. The molecule has 1 aromatic heterocycles. The van der Waals surface area contributed by atoms with E-state index in [-0.39, 0.29) is 5.91 Å². The number of ether oxygens (including phenoxy) is 1. The van der Waals surface area contributed by atoms with E-state index in [9.17, 15) is 4.79 Å². The summed E-state index contributed by atoms with van der Waals surface area (Å²) >= 11 is 7.18. The van der Waals surface area contributed by atoms with E-state index in [1.54, 1.807) is 36.4 Å². The molecule has 7 heteroatoms. The number of nitrogens with one attached hydrogen (secondary N) is 1. The minimum Gasteiger partial charge on any atom is -0.494 e. The third kappa shape index (κ3) is 3.90. The summed E-state index contributed by atoms with van der Waals surface area (Å²) in [5.74, 6) is 0.492. The molecule has 0 fully saturated rings. The van der Waals surface area contributed by atoms with Crippen LogP contribution in [0.15, 0.2) is 48.5 Å². The lowest BCUT2D eigenvalue weighted by atomic mass is 10.2. The van der Waals surface area contributed by atoms with Crippen LogP contribution in [0, 0.1) is 0 Å². The molecule has 0 radical (unpaired) electrons. The molecular formula is C17H14ClN3O2S. The van der Waals surface area contributed by atoms with Crippen LogP contribution in [-0.2, 0) is 0 Å². The summed E-state index contributed by atoms with van der Waals surface area (Å²) in [5, 5.41) is 12.7. The molecule has 0 saturated carbocycles. The van der Waals surface area contributed by atoms with Crippen molar-refractivity contribution in [3.63, 3.8) is 0 Å². The zero-order valence-electron chi connectivity index (χ0n) is 12.8. The van der Waals surface area contributed by atoms with E-state index in [1.165, 1.54) is 11.3 Å². The standard InChI is InChI=1S/C17H14ClN3O2S/c1-2-23-14-9-5-11(6-10-14)15(22)19-17-21-20-16(24-17)12-3-7-13(18)8-4-12/h3-10H,2H2,1H3,(H,19,21,22). The monoisotopic (exact) mass is 359 g/mol. The van der Waals surface area contributed by atoms with Crippen molar-refractivity contribution in [2.75, 3.05) is 11.9 Å². The number of aromatic nitrogens is 2. The van der Waals surface area contributed by atoms with Crippen LogP contribution in [-0.4, -0.2) is 22.7 Å². The van der Waals surface area contributed by atoms with Gasteiger partial charge in [-0.25, -0.2) is 0 Å². The Balaban J connectivity index is 1.69. The van der Waals surface area contributed by atoms with Crippen molar-refractivity contribution >= 4 is 34.0 Å². The maximum absolute atomic E-state index is 12.2. The van der Waals surface area contributed by atoms with E-state index in [0.717, 1.165) is 11.3 Å². The van der Waals surface area contributed by atoms with Crippen LogP contribution in [0.3, 0.4) is 0 Å². The van der Waals surface area contributed by atoms with E-state index >= 15 is 0 Å². The lowest BCUT2D eigenvalue weighted by Crippen LogP contribution is -2.11. The first-order chi connectivity index (χ1) is 11.7. The second-order valence-electron chi connectivity index (χ2n) is 4.83. The van der Waals surface area contributed by atoms with Gasteiger partial charge in [0.05, 0.1) is 6.61 Å². The van der Waals surface area contributed by atoms with Crippen LogP contribution in [0.2, 0.25) is 5.02 Å². The number of halogens is 1. The Hall–Kier alpha value is -2.44. The van der Waals surface area contributed by atoms with E-state index in [0.29, 0.717) is 27.3 Å². The molecule has 0 spiro atoms. The third-order valence-corrected chi connectivity index (χ3v) is 4.30. The van der Waals surface area contributed by atoms with Gasteiger partial charge in [-0.15, -0.1) is 10.2 Å². The Labute approximate surface area is 148 Å². The first-order valence-corrected chi connectivity index (χ1v) is 8.49. The van der Waals surface area contributed by atoms with E-state index in [2.05, 4.69) is 15.5 Å². The summed E-state index contributed by atoms with van der Waals surface area (Å²) in [6.07, 6.45) is 0. The quantitative estimate of drug-likeness (QED) is 0.728. The largest absolute Gasteiger partial charge is 0.494 e. The van der Waals surface area contributed by atoms with Gasteiger partial charge < -0.3 is 4.74 Å². The highest BCUT2D eigenvalue weighted by atomic mass is 35.5. The molecule has 2 aromatic carbocycles. The molecule has 0 aliphatic rings. The number of benzene rings is 2. The zero-order valence-corrected chi connectivity index (χ0v) is 14.4. The van der Waals surface area contributed by atoms with Crippen LogP contribution >= 0.6 is 22.9 Å². The second kappa shape index (κ2) is 7.42. The molecule has 1 N–H and O–H groups in total. The number of hydrogen-bond acceptors (Lipinski definition) is 5. The molecule has 122 valence electrons. The predicted molar refractivity (Wildman–Crippen MR) is 95.9 cm³/mol. The van der Waals surface area contributed by atoms with Gasteiger partial charge in [0.25, 0.3) is 5.91 Å². The van der Waals surface area contributed by atoms with Crippen LogP contribution in [0.25, 0.3) is 10.6 Å². The van der Waals surface area contributed by atoms with Crippen molar-refractivity contribution in [1.82, 2.24) is 10.2 Å². The third-order valence-electron chi connectivity index (χ3n) is 3.16. The highest BCUT2D eigenvalue weighted by Gasteiger charge is 2.11. The molecule has 0 aliphatic carbocycles. The summed E-state index contributed by atoms with van der Waals surface area (Å²) in [4.78, 5) is 12.2. The Morgan fingerprint density at radius 2 is 1.83 bits per heavy atom. The van der Waals surface area contributed by atoms with Crippen molar-refractivity contribution in [2.45, 2.75) is 6.92 Å². The number of carbonyl (C=O) groups excluding carboxylic acids is 1. The molecule has 5 nitrogen and oxygen atoms in total. The summed E-state index contributed by atoms with van der Waals surface area (Å²) in [6, 6.07) is 14.2. The van der Waals surface area contributed by atoms with Gasteiger partial charge in [0.2, 0.25) is 5.13 Å². The zero-order chi connectivity index (χ0) is 16.9. The van der Waals surface area contributed by atoms with Gasteiger partial charge in [0, 0.05) is 16.1 Å². The Bertz CT molecular complexity index is 832. The maximum atomic E-state index is 12.2. The first kappa shape index (κ1) is 16.4. The maximum Gasteiger partial charge on any atom is 0.257 e. The fourth-order valence-corrected chi connectivity index (χ4v) is 2.89. The molecular weight excluding hydrogens is 346 g/mol. The highest BCUT2D eigenvalue weighted by molar-refractivity contribution is 7.18. The number of anilines is 1. The minimum absolute atomic E-state index is 0.239. The van der Waals surface area contributed by atoms with Crippen molar-refractivity contribution in [3.05, 3.63) is 59.1 Å². The molecule has 3 rings (SSSR count). The van der Waals surface area contributed by atoms with Crippen LogP contribution in [0.1, 0.15) is 17.3 Å². The average molecular weight is 360 g/mol. The van der Waals surface area contributed by atoms with Crippen molar-refractivity contribution in [3.8, 4) is 16.3 Å². The van der Waals surface area contributed by atoms with Crippen molar-refractivity contribution < 1.29 is 9.53 Å². The van der Waals surface area contributed by atoms with Gasteiger partial charge in [-0.1, -0.05) is 35.1 Å². The molecule has 0 unspecified atom stereocenters. The van der Waals surface area contributed by atoms with E-state index < -0.39 is 0 Å². The number of nitrogens with zero attached hydrogens (tertiary/aromatic N) is 2. The Morgan fingerprint density at radius 1 is 1.12 bits per heavy atom. The van der Waals surface area contributed by atoms with E-state index in [1.807, 2.05) is 19.1 Å². The molecule has 0 atom stereocenters. The van der Waals surface area contributed by atoms with Crippen molar-refractivity contribution in [1.29, 1.82) is 0 Å². The first-order valence-electron chi connectivity index (χ1n) is 7.29. The predicted octanol–water partition coefficient (Wildman–Crippen LogP) is 4.51. The van der Waals surface area contributed by atoms with Gasteiger partial charge in [0.1, 0.15) is 10.8 Å². The smallest absolute Gasteiger partial charge is 0.257 e. The molecule has 24 heavy (non-hydrogen) atoms. The summed E-state index contributed by atoms with van der Waals surface area (Å²) < 4.78 is 5.36. The van der Waals surface area contributed by atoms with Crippen molar-refractivity contribution in [2.24, 2.45) is 0 Å². The van der Waals surface area contributed by atoms with Gasteiger partial charge in [-0.2, -0.15) is 0 Å². The topological polar surface area (TPSA) is 64.1 Å². The number of carbonyl (C=O) groups is 1. The Morgan fingerprint density at radius 3 is 2.50 bits per heavy atom. The molecule has 0 saturated heterocycles. The Kier molecular flexibility index (Phi) is 5.08. The normalized spacial score (nSPS) is 10.4. The van der Waals surface area contributed by atoms with E-state index in [4.69, 9.17) is 16.3 Å². The van der Waals surface area contributed by atoms with Gasteiger partial charge in [0.15, 0.2) is 0 Å². The summed E-state index contributed by atoms with van der Waals surface area (Å²) in [7, 11) is 0. The molecule has 0 aliphatic heterocycles. The van der Waals surface area contributed by atoms with Gasteiger partial charge in [-0.05, 0) is 43.3 Å². The van der Waals surface area contributed by atoms with Crippen LogP contribution in [0.4, 0.5) is 5.13 Å². The minimum atomic E-state index is -0.239. The fraction of sp³-hybridized carbons (Fsp3) is 0.118.